The van der Waals surface area contributed by atoms with Crippen molar-refractivity contribution >= 4 is 67.2 Å². The summed E-state index contributed by atoms with van der Waals surface area (Å²) in [6.07, 6.45) is 11.2. The molecular weight excluding hydrogens is 835 g/mol. The van der Waals surface area contributed by atoms with E-state index in [1.54, 1.807) is 25.4 Å². The summed E-state index contributed by atoms with van der Waals surface area (Å²) in [6.45, 7) is 1.75. The first-order valence-corrected chi connectivity index (χ1v) is 24.0. The van der Waals surface area contributed by atoms with Crippen molar-refractivity contribution in [3.8, 4) is 27.0 Å². The third-order valence-electron chi connectivity index (χ3n) is 12.0. The highest BCUT2D eigenvalue weighted by Crippen LogP contribution is 2.47. The normalized spacial score (nSPS) is 26.2. The second-order valence-corrected chi connectivity index (χ2v) is 20.3. The molecule has 3 saturated carbocycles. The van der Waals surface area contributed by atoms with E-state index in [2.05, 4.69) is 25.3 Å². The van der Waals surface area contributed by atoms with Crippen molar-refractivity contribution in [2.24, 2.45) is 17.8 Å². The van der Waals surface area contributed by atoms with Crippen molar-refractivity contribution in [2.75, 3.05) is 0 Å². The van der Waals surface area contributed by atoms with E-state index in [9.17, 15) is 22.8 Å². The van der Waals surface area contributed by atoms with Crippen molar-refractivity contribution in [3.63, 3.8) is 0 Å². The molecule has 4 aliphatic rings. The third-order valence-corrected chi connectivity index (χ3v) is 16.0. The summed E-state index contributed by atoms with van der Waals surface area (Å²) < 4.78 is 34.9. The van der Waals surface area contributed by atoms with Crippen molar-refractivity contribution in [3.05, 3.63) is 89.0 Å². The van der Waals surface area contributed by atoms with E-state index >= 15 is 4.79 Å². The van der Waals surface area contributed by atoms with E-state index in [1.807, 2.05) is 60.0 Å². The van der Waals surface area contributed by atoms with Gasteiger partial charge < -0.3 is 15.4 Å². The van der Waals surface area contributed by atoms with Gasteiger partial charge in [0.05, 0.1) is 38.8 Å². The molecule has 5 aromatic rings. The monoisotopic (exact) mass is 879 g/mol. The van der Waals surface area contributed by atoms with Gasteiger partial charge in [-0.25, -0.2) is 23.4 Å². The van der Waals surface area contributed by atoms with Crippen LogP contribution in [0.2, 0.25) is 0 Å². The number of carbonyl (C=O) groups excluding carboxylic acids is 4. The van der Waals surface area contributed by atoms with Crippen LogP contribution in [-0.2, 0) is 24.4 Å². The maximum atomic E-state index is 15.0. The van der Waals surface area contributed by atoms with Gasteiger partial charge in [0.1, 0.15) is 27.2 Å². The van der Waals surface area contributed by atoms with E-state index in [4.69, 9.17) is 14.7 Å². The van der Waals surface area contributed by atoms with E-state index in [0.717, 1.165) is 23.3 Å². The number of rotatable bonds is 9. The first kappa shape index (κ1) is 41.0. The van der Waals surface area contributed by atoms with Crippen molar-refractivity contribution in [1.29, 1.82) is 0 Å². The van der Waals surface area contributed by atoms with E-state index in [-0.39, 0.29) is 30.9 Å². The number of carbonyl (C=O) groups is 4. The van der Waals surface area contributed by atoms with Gasteiger partial charge in [-0.15, -0.1) is 22.7 Å². The summed E-state index contributed by atoms with van der Waals surface area (Å²) >= 11 is 2.70. The number of ether oxygens (including phenoxy) is 1. The average Bonchev–Trinajstić information content (AvgIpc) is 4.04. The molecule has 5 heterocycles. The van der Waals surface area contributed by atoms with E-state index < -0.39 is 68.4 Å². The molecule has 14 nitrogen and oxygen atoms in total. The molecular formula is C44H45N7O7S3. The zero-order chi connectivity index (χ0) is 42.3. The number of fused-ring (bicyclic) bond motifs is 3. The standard InChI is InChI=1S/C44H45N7O7S3/c1-25-38(60-42(46-25)26-11-9-19-45-24-26)40(54)48-34-15-6-4-2-3-5-12-27-23-44(27,43(55)51-61(56,57)29-17-18-29)50-39(53)31-22-28(21-30(31)37(34)52)58-41-36(35-16-10-20-59-35)47-32-13-7-8-14-33(32)49-41/h5,7-14,16,19-20,24,27-31,34H,2-4,6,15,17-18,21-23H2,1H3,(H,48,54)(H,50,53)(H,51,55)/b12-5-/t27?,28-,30?,31+,34+,44+/m0/s1. The number of amides is 3. The summed E-state index contributed by atoms with van der Waals surface area (Å²) in [5, 5.41) is 7.93. The molecule has 0 spiro atoms. The molecule has 4 aromatic heterocycles. The molecule has 6 atom stereocenters. The van der Waals surface area contributed by atoms with Gasteiger partial charge in [0.15, 0.2) is 5.78 Å². The van der Waals surface area contributed by atoms with Crippen LogP contribution >= 0.6 is 22.7 Å². The lowest BCUT2D eigenvalue weighted by molar-refractivity contribution is -0.136. The Hall–Kier alpha value is -5.39. The molecule has 0 bridgehead atoms. The van der Waals surface area contributed by atoms with Crippen LogP contribution in [0.15, 0.2) is 78.5 Å². The van der Waals surface area contributed by atoms with Crippen LogP contribution in [0.25, 0.3) is 32.2 Å². The number of Topliss-reactive ketones (excluding diaryl/α,β-unsaturated/α-hetero) is 1. The van der Waals surface area contributed by atoms with Crippen LogP contribution in [0.1, 0.15) is 79.6 Å². The minimum atomic E-state index is -3.91. The summed E-state index contributed by atoms with van der Waals surface area (Å²) in [5.41, 5.74) is 1.64. The van der Waals surface area contributed by atoms with Crippen LogP contribution in [0.3, 0.4) is 0 Å². The fraction of sp³-hybridized carbons (Fsp3) is 0.409. The molecule has 3 fully saturated rings. The highest BCUT2D eigenvalue weighted by Gasteiger charge is 2.62. The predicted molar refractivity (Wildman–Crippen MR) is 231 cm³/mol. The van der Waals surface area contributed by atoms with Crippen LogP contribution in [0.4, 0.5) is 0 Å². The van der Waals surface area contributed by atoms with Gasteiger partial charge in [0, 0.05) is 29.8 Å². The van der Waals surface area contributed by atoms with Crippen LogP contribution in [0, 0.1) is 24.7 Å². The Bertz CT molecular complexity index is 2630. The number of aryl methyl sites for hydroxylation is 1. The number of nitrogens with zero attached hydrogens (tertiary/aromatic N) is 4. The minimum absolute atomic E-state index is 0.0995. The number of benzene rings is 1. The number of sulfonamides is 1. The maximum absolute atomic E-state index is 15.0. The highest BCUT2D eigenvalue weighted by atomic mass is 32.2. The Kier molecular flexibility index (Phi) is 11.3. The number of pyridine rings is 1. The molecule has 3 N–H and O–H groups in total. The summed E-state index contributed by atoms with van der Waals surface area (Å²) in [5.74, 6) is -4.13. The Morgan fingerprint density at radius 1 is 0.934 bits per heavy atom. The SMILES string of the molecule is Cc1nc(-c2cccnc2)sc1C(=O)N[C@@H]1CCCCC/C=C\C2C[C@@]2(C(=O)NS(=O)(=O)C2CC2)NC(=O)[C@@H]2C[C@@H](Oc3nc4ccccc4nc3-c3cccs3)CC2C1=O. The largest absolute Gasteiger partial charge is 0.473 e. The molecule has 316 valence electrons. The zero-order valence-corrected chi connectivity index (χ0v) is 35.9. The highest BCUT2D eigenvalue weighted by molar-refractivity contribution is 7.91. The summed E-state index contributed by atoms with van der Waals surface area (Å²) in [6, 6.07) is 14.0. The lowest BCUT2D eigenvalue weighted by Gasteiger charge is -2.26. The van der Waals surface area contributed by atoms with Crippen molar-refractivity contribution in [2.45, 2.75) is 94.1 Å². The third kappa shape index (κ3) is 8.60. The van der Waals surface area contributed by atoms with E-state index in [1.165, 1.54) is 22.7 Å². The summed E-state index contributed by atoms with van der Waals surface area (Å²) in [4.78, 5) is 77.5. The van der Waals surface area contributed by atoms with Crippen molar-refractivity contribution in [1.82, 2.24) is 35.3 Å². The molecule has 0 radical (unpaired) electrons. The molecule has 61 heavy (non-hydrogen) atoms. The number of aromatic nitrogens is 4. The molecule has 3 amide bonds. The Labute approximate surface area is 361 Å². The maximum Gasteiger partial charge on any atom is 0.263 e. The molecule has 1 aliphatic heterocycles. The van der Waals surface area contributed by atoms with Gasteiger partial charge >= 0.3 is 0 Å². The average molecular weight is 880 g/mol. The van der Waals surface area contributed by atoms with Crippen molar-refractivity contribution < 1.29 is 32.3 Å². The van der Waals surface area contributed by atoms with Crippen LogP contribution in [-0.4, -0.2) is 74.8 Å². The van der Waals surface area contributed by atoms with Crippen LogP contribution < -0.4 is 20.1 Å². The Balaban J connectivity index is 1.04. The quantitative estimate of drug-likeness (QED) is 0.140. The number of thiophene rings is 1. The van der Waals surface area contributed by atoms with Gasteiger partial charge in [0.2, 0.25) is 21.8 Å². The molecule has 1 aromatic carbocycles. The van der Waals surface area contributed by atoms with Gasteiger partial charge in [0.25, 0.3) is 11.8 Å². The molecule has 3 aliphatic carbocycles. The second-order valence-electron chi connectivity index (χ2n) is 16.4. The fourth-order valence-corrected chi connectivity index (χ4v) is 11.5. The number of para-hydroxylation sites is 2. The number of allylic oxidation sites excluding steroid dienone is 1. The molecule has 0 saturated heterocycles. The van der Waals surface area contributed by atoms with Gasteiger partial charge in [-0.3, -0.25) is 28.9 Å². The lowest BCUT2D eigenvalue weighted by atomic mass is 9.85. The first-order chi connectivity index (χ1) is 29.5. The lowest BCUT2D eigenvalue weighted by Crippen LogP contribution is -2.54. The number of nitrogens with one attached hydrogen (secondary N) is 3. The molecule has 9 rings (SSSR count). The number of hydrogen-bond acceptors (Lipinski definition) is 13. The molecule has 2 unspecified atom stereocenters. The van der Waals surface area contributed by atoms with Crippen LogP contribution in [0.5, 0.6) is 5.88 Å². The topological polar surface area (TPSA) is 199 Å². The Morgan fingerprint density at radius 2 is 1.74 bits per heavy atom. The van der Waals surface area contributed by atoms with E-state index in [0.29, 0.717) is 64.4 Å². The first-order valence-electron chi connectivity index (χ1n) is 20.7. The predicted octanol–water partition coefficient (Wildman–Crippen LogP) is 6.33. The van der Waals surface area contributed by atoms with Gasteiger partial charge in [-0.1, -0.05) is 43.2 Å². The smallest absolute Gasteiger partial charge is 0.263 e. The minimum Gasteiger partial charge on any atom is -0.473 e. The van der Waals surface area contributed by atoms with Gasteiger partial charge in [-0.05, 0) is 94.0 Å². The second kappa shape index (κ2) is 16.8. The Morgan fingerprint density at radius 3 is 2.49 bits per heavy atom. The fourth-order valence-electron chi connectivity index (χ4n) is 8.50. The summed E-state index contributed by atoms with van der Waals surface area (Å²) in [7, 11) is -3.91. The number of hydrogen-bond donors (Lipinski definition) is 3. The number of thiazole rings is 1. The zero-order valence-electron chi connectivity index (χ0n) is 33.4. The van der Waals surface area contributed by atoms with Gasteiger partial charge in [-0.2, -0.15) is 0 Å². The number of ketones is 1. The molecule has 17 heteroatoms.